The van der Waals surface area contributed by atoms with Gasteiger partial charge in [0, 0.05) is 33.1 Å². The van der Waals surface area contributed by atoms with Crippen LogP contribution in [0.4, 0.5) is 4.79 Å². The van der Waals surface area contributed by atoms with Crippen LogP contribution in [-0.2, 0) is 0 Å². The van der Waals surface area contributed by atoms with Crippen LogP contribution in [0.3, 0.4) is 0 Å². The Labute approximate surface area is 85.4 Å². The van der Waals surface area contributed by atoms with E-state index in [2.05, 4.69) is 0 Å². The summed E-state index contributed by atoms with van der Waals surface area (Å²) in [5.41, 5.74) is 5.35. The highest BCUT2D eigenvalue weighted by molar-refractivity contribution is 5.80. The number of hydrogen-bond acceptors (Lipinski definition) is 2. The Kier molecular flexibility index (Phi) is 4.97. The summed E-state index contributed by atoms with van der Waals surface area (Å²) in [6, 6.07) is -0.0411. The zero-order valence-corrected chi connectivity index (χ0v) is 9.37. The third kappa shape index (κ3) is 3.64. The Bertz CT molecular complexity index is 215. The highest BCUT2D eigenvalue weighted by Gasteiger charge is 2.17. The van der Waals surface area contributed by atoms with Gasteiger partial charge in [-0.1, -0.05) is 6.92 Å². The maximum absolute atomic E-state index is 11.6. The fourth-order valence-corrected chi connectivity index (χ4v) is 1.05. The van der Waals surface area contributed by atoms with E-state index < -0.39 is 0 Å². The van der Waals surface area contributed by atoms with Crippen molar-refractivity contribution in [1.29, 1.82) is 5.41 Å². The number of urea groups is 1. The Hall–Kier alpha value is -1.26. The van der Waals surface area contributed by atoms with Crippen LogP contribution < -0.4 is 5.73 Å². The lowest BCUT2D eigenvalue weighted by Gasteiger charge is -2.27. The van der Waals surface area contributed by atoms with Gasteiger partial charge in [-0.2, -0.15) is 0 Å². The molecule has 0 rings (SSSR count). The summed E-state index contributed by atoms with van der Waals surface area (Å²) in [6.45, 7) is 4.89. The first kappa shape index (κ1) is 12.7. The molecule has 0 aliphatic heterocycles. The van der Waals surface area contributed by atoms with Crippen LogP contribution in [0.5, 0.6) is 0 Å². The van der Waals surface area contributed by atoms with Gasteiger partial charge in [-0.15, -0.1) is 0 Å². The fourth-order valence-electron chi connectivity index (χ4n) is 1.05. The molecule has 1 unspecified atom stereocenters. The number of carbonyl (C=O) groups is 1. The van der Waals surface area contributed by atoms with Crippen molar-refractivity contribution in [2.45, 2.75) is 13.8 Å². The smallest absolute Gasteiger partial charge is 0.319 e. The third-order valence-electron chi connectivity index (χ3n) is 2.06. The van der Waals surface area contributed by atoms with Gasteiger partial charge < -0.3 is 15.5 Å². The minimum atomic E-state index is -0.0844. The molecule has 0 aromatic rings. The van der Waals surface area contributed by atoms with Crippen LogP contribution in [-0.4, -0.2) is 48.9 Å². The van der Waals surface area contributed by atoms with E-state index in [1.54, 1.807) is 19.0 Å². The molecular formula is C9H20N4O. The molecule has 0 heterocycles. The zero-order chi connectivity index (χ0) is 11.3. The average molecular weight is 200 g/mol. The minimum Gasteiger partial charge on any atom is -0.387 e. The molecule has 0 aromatic heterocycles. The van der Waals surface area contributed by atoms with E-state index in [1.165, 1.54) is 4.90 Å². The summed E-state index contributed by atoms with van der Waals surface area (Å²) in [5.74, 6) is 0.0360. The topological polar surface area (TPSA) is 73.4 Å². The lowest BCUT2D eigenvalue weighted by atomic mass is 10.1. The summed E-state index contributed by atoms with van der Waals surface area (Å²) in [6.07, 6.45) is 0. The average Bonchev–Trinajstić information content (AvgIpc) is 2.12. The summed E-state index contributed by atoms with van der Waals surface area (Å²) < 4.78 is 0. The molecule has 82 valence electrons. The molecule has 14 heavy (non-hydrogen) atoms. The predicted octanol–water partition coefficient (Wildman–Crippen LogP) is 0.562. The Morgan fingerprint density at radius 1 is 1.50 bits per heavy atom. The predicted molar refractivity (Wildman–Crippen MR) is 57.4 cm³/mol. The number of nitrogens with zero attached hydrogens (tertiary/aromatic N) is 2. The van der Waals surface area contributed by atoms with Crippen LogP contribution in [0, 0.1) is 11.3 Å². The number of nitrogens with one attached hydrogen (secondary N) is 1. The van der Waals surface area contributed by atoms with Crippen LogP contribution in [0.25, 0.3) is 0 Å². The Balaban J connectivity index is 4.29. The number of amides is 2. The van der Waals surface area contributed by atoms with Crippen molar-refractivity contribution in [2.24, 2.45) is 11.7 Å². The van der Waals surface area contributed by atoms with Crippen molar-refractivity contribution in [2.75, 3.05) is 27.2 Å². The quantitative estimate of drug-likeness (QED) is 0.514. The molecule has 0 aromatic carbocycles. The first-order chi connectivity index (χ1) is 6.40. The van der Waals surface area contributed by atoms with Gasteiger partial charge in [0.1, 0.15) is 0 Å². The number of rotatable bonds is 4. The van der Waals surface area contributed by atoms with Gasteiger partial charge in [0.05, 0.1) is 5.84 Å². The molecule has 0 aliphatic rings. The summed E-state index contributed by atoms with van der Waals surface area (Å²) in [4.78, 5) is 14.8. The molecule has 2 amide bonds. The highest BCUT2D eigenvalue weighted by Crippen LogP contribution is 2.01. The van der Waals surface area contributed by atoms with Crippen molar-refractivity contribution in [3.05, 3.63) is 0 Å². The van der Waals surface area contributed by atoms with Gasteiger partial charge >= 0.3 is 6.03 Å². The monoisotopic (exact) mass is 200 g/mol. The van der Waals surface area contributed by atoms with Gasteiger partial charge in [0.25, 0.3) is 0 Å². The molecule has 5 heteroatoms. The normalized spacial score (nSPS) is 12.0. The van der Waals surface area contributed by atoms with Crippen molar-refractivity contribution in [3.8, 4) is 0 Å². The third-order valence-corrected chi connectivity index (χ3v) is 2.06. The zero-order valence-electron chi connectivity index (χ0n) is 9.37. The lowest BCUT2D eigenvalue weighted by molar-refractivity contribution is 0.170. The molecule has 3 N–H and O–H groups in total. The van der Waals surface area contributed by atoms with Gasteiger partial charge in [0.15, 0.2) is 0 Å². The van der Waals surface area contributed by atoms with Crippen LogP contribution in [0.2, 0.25) is 0 Å². The molecule has 0 bridgehead atoms. The van der Waals surface area contributed by atoms with Gasteiger partial charge in [-0.25, -0.2) is 4.79 Å². The first-order valence-electron chi connectivity index (χ1n) is 4.70. The second-order valence-corrected chi connectivity index (χ2v) is 3.57. The van der Waals surface area contributed by atoms with E-state index in [-0.39, 0.29) is 17.8 Å². The summed E-state index contributed by atoms with van der Waals surface area (Å²) >= 11 is 0. The van der Waals surface area contributed by atoms with Gasteiger partial charge in [-0.3, -0.25) is 5.41 Å². The molecule has 0 saturated heterocycles. The van der Waals surface area contributed by atoms with Gasteiger partial charge in [0.2, 0.25) is 0 Å². The van der Waals surface area contributed by atoms with E-state index in [1.807, 2.05) is 13.8 Å². The van der Waals surface area contributed by atoms with Crippen molar-refractivity contribution >= 4 is 11.9 Å². The van der Waals surface area contributed by atoms with Crippen LogP contribution in [0.15, 0.2) is 0 Å². The Morgan fingerprint density at radius 2 is 2.00 bits per heavy atom. The minimum absolute atomic E-state index is 0.0411. The lowest BCUT2D eigenvalue weighted by Crippen LogP contribution is -2.43. The molecule has 0 fully saturated rings. The van der Waals surface area contributed by atoms with Crippen molar-refractivity contribution in [3.63, 3.8) is 0 Å². The number of hydrogen-bond donors (Lipinski definition) is 2. The molecule has 5 nitrogen and oxygen atoms in total. The second kappa shape index (κ2) is 5.47. The molecule has 0 radical (unpaired) electrons. The second-order valence-electron chi connectivity index (χ2n) is 3.57. The molecule has 0 saturated carbocycles. The van der Waals surface area contributed by atoms with E-state index in [9.17, 15) is 4.79 Å². The summed E-state index contributed by atoms with van der Waals surface area (Å²) in [5, 5.41) is 7.24. The van der Waals surface area contributed by atoms with Crippen molar-refractivity contribution in [1.82, 2.24) is 9.80 Å². The van der Waals surface area contributed by atoms with Gasteiger partial charge in [-0.05, 0) is 6.92 Å². The van der Waals surface area contributed by atoms with Crippen LogP contribution >= 0.6 is 0 Å². The standard InChI is InChI=1S/C9H20N4O/c1-5-13(9(14)12(3)4)6-7(2)8(10)11/h7H,5-6H2,1-4H3,(H3,10,11). The molecule has 0 spiro atoms. The molecular weight excluding hydrogens is 180 g/mol. The summed E-state index contributed by atoms with van der Waals surface area (Å²) in [7, 11) is 3.42. The molecule has 0 aliphatic carbocycles. The van der Waals surface area contributed by atoms with E-state index in [0.29, 0.717) is 13.1 Å². The maximum atomic E-state index is 11.6. The van der Waals surface area contributed by atoms with E-state index >= 15 is 0 Å². The van der Waals surface area contributed by atoms with E-state index in [4.69, 9.17) is 11.1 Å². The molecule has 1 atom stereocenters. The fraction of sp³-hybridized carbons (Fsp3) is 0.778. The van der Waals surface area contributed by atoms with Crippen molar-refractivity contribution < 1.29 is 4.79 Å². The largest absolute Gasteiger partial charge is 0.387 e. The van der Waals surface area contributed by atoms with E-state index in [0.717, 1.165) is 0 Å². The SMILES string of the molecule is CCN(CC(C)C(=N)N)C(=O)N(C)C. The maximum Gasteiger partial charge on any atom is 0.319 e. The number of amidine groups is 1. The Morgan fingerprint density at radius 3 is 2.29 bits per heavy atom. The number of carbonyl (C=O) groups excluding carboxylic acids is 1. The van der Waals surface area contributed by atoms with Crippen LogP contribution in [0.1, 0.15) is 13.8 Å². The highest BCUT2D eigenvalue weighted by atomic mass is 16.2. The first-order valence-corrected chi connectivity index (χ1v) is 4.70. The number of nitrogens with two attached hydrogens (primary N) is 1.